The lowest BCUT2D eigenvalue weighted by molar-refractivity contribution is -0.119. The molecule has 0 saturated heterocycles. The van der Waals surface area contributed by atoms with E-state index in [1.165, 1.54) is 23.9 Å². The van der Waals surface area contributed by atoms with E-state index in [0.29, 0.717) is 11.0 Å². The standard InChI is InChI=1S/C24H21FN4OS/c1-17(18-8-4-2-5-9-18)26-22(30)16-31-24-28-27-23(19-10-6-3-7-11-19)29(24)21-14-12-20(25)13-15-21/h2-15,17H,16H2,1H3,(H,26,30)/t17-/m1/s1. The Kier molecular flexibility index (Phi) is 6.43. The Bertz CT molecular complexity index is 1150. The van der Waals surface area contributed by atoms with Crippen LogP contribution in [0.4, 0.5) is 4.39 Å². The molecular weight excluding hydrogens is 411 g/mol. The zero-order valence-corrected chi connectivity index (χ0v) is 17.7. The van der Waals surface area contributed by atoms with Crippen molar-refractivity contribution in [3.05, 3.63) is 96.3 Å². The van der Waals surface area contributed by atoms with E-state index < -0.39 is 0 Å². The van der Waals surface area contributed by atoms with Crippen molar-refractivity contribution in [2.75, 3.05) is 5.75 Å². The highest BCUT2D eigenvalue weighted by molar-refractivity contribution is 7.99. The third kappa shape index (κ3) is 5.00. The highest BCUT2D eigenvalue weighted by Gasteiger charge is 2.18. The Labute approximate surface area is 184 Å². The summed E-state index contributed by atoms with van der Waals surface area (Å²) in [5.41, 5.74) is 2.65. The number of hydrogen-bond donors (Lipinski definition) is 1. The molecule has 0 aliphatic rings. The molecular formula is C24H21FN4OS. The maximum Gasteiger partial charge on any atom is 0.230 e. The summed E-state index contributed by atoms with van der Waals surface area (Å²) in [5, 5.41) is 12.2. The van der Waals surface area contributed by atoms with E-state index in [9.17, 15) is 9.18 Å². The Morgan fingerprint density at radius 1 is 0.968 bits per heavy atom. The van der Waals surface area contributed by atoms with Crippen molar-refractivity contribution in [3.8, 4) is 17.1 Å². The van der Waals surface area contributed by atoms with Crippen LogP contribution in [0.5, 0.6) is 0 Å². The van der Waals surface area contributed by atoms with E-state index in [1.807, 2.05) is 72.2 Å². The summed E-state index contributed by atoms with van der Waals surface area (Å²) in [5.74, 6) is 0.399. The van der Waals surface area contributed by atoms with Crippen LogP contribution < -0.4 is 5.32 Å². The van der Waals surface area contributed by atoms with E-state index in [2.05, 4.69) is 15.5 Å². The molecule has 156 valence electrons. The highest BCUT2D eigenvalue weighted by atomic mass is 32.2. The molecule has 4 rings (SSSR count). The van der Waals surface area contributed by atoms with Gasteiger partial charge in [-0.2, -0.15) is 0 Å². The first-order valence-corrected chi connectivity index (χ1v) is 10.8. The van der Waals surface area contributed by atoms with Crippen LogP contribution in [0.3, 0.4) is 0 Å². The van der Waals surface area contributed by atoms with Crippen LogP contribution in [0, 0.1) is 5.82 Å². The Morgan fingerprint density at radius 2 is 1.61 bits per heavy atom. The van der Waals surface area contributed by atoms with Gasteiger partial charge in [0.1, 0.15) is 5.82 Å². The highest BCUT2D eigenvalue weighted by Crippen LogP contribution is 2.28. The van der Waals surface area contributed by atoms with Gasteiger partial charge in [0.15, 0.2) is 11.0 Å². The maximum atomic E-state index is 13.5. The predicted molar refractivity (Wildman–Crippen MR) is 120 cm³/mol. The molecule has 0 fully saturated rings. The quantitative estimate of drug-likeness (QED) is 0.416. The zero-order valence-electron chi connectivity index (χ0n) is 16.9. The van der Waals surface area contributed by atoms with Crippen LogP contribution in [0.1, 0.15) is 18.5 Å². The molecule has 1 N–H and O–H groups in total. The zero-order chi connectivity index (χ0) is 21.6. The summed E-state index contributed by atoms with van der Waals surface area (Å²) in [6, 6.07) is 25.5. The van der Waals surface area contributed by atoms with E-state index in [0.717, 1.165) is 16.8 Å². The van der Waals surface area contributed by atoms with E-state index in [1.54, 1.807) is 12.1 Å². The first kappa shape index (κ1) is 20.8. The molecule has 0 bridgehead atoms. The molecule has 0 aliphatic carbocycles. The van der Waals surface area contributed by atoms with Crippen molar-refractivity contribution in [3.63, 3.8) is 0 Å². The molecule has 7 heteroatoms. The maximum absolute atomic E-state index is 13.5. The monoisotopic (exact) mass is 432 g/mol. The largest absolute Gasteiger partial charge is 0.349 e. The molecule has 0 aliphatic heterocycles. The van der Waals surface area contributed by atoms with Gasteiger partial charge in [0.25, 0.3) is 0 Å². The van der Waals surface area contributed by atoms with Crippen molar-refractivity contribution in [1.29, 1.82) is 0 Å². The van der Waals surface area contributed by atoms with Crippen molar-refractivity contribution in [2.24, 2.45) is 0 Å². The van der Waals surface area contributed by atoms with Crippen molar-refractivity contribution in [1.82, 2.24) is 20.1 Å². The molecule has 1 amide bonds. The summed E-state index contributed by atoms with van der Waals surface area (Å²) in [4.78, 5) is 12.5. The van der Waals surface area contributed by atoms with Crippen LogP contribution in [0.25, 0.3) is 17.1 Å². The van der Waals surface area contributed by atoms with Crippen molar-refractivity contribution < 1.29 is 9.18 Å². The van der Waals surface area contributed by atoms with Crippen LogP contribution in [0.2, 0.25) is 0 Å². The Balaban J connectivity index is 1.55. The van der Waals surface area contributed by atoms with Crippen LogP contribution in [-0.4, -0.2) is 26.4 Å². The average molecular weight is 433 g/mol. The number of amides is 1. The normalized spacial score (nSPS) is 11.8. The number of hydrogen-bond acceptors (Lipinski definition) is 4. The third-order valence-corrected chi connectivity index (χ3v) is 5.69. The molecule has 31 heavy (non-hydrogen) atoms. The van der Waals surface area contributed by atoms with Crippen LogP contribution >= 0.6 is 11.8 Å². The summed E-state index contributed by atoms with van der Waals surface area (Å²) < 4.78 is 15.3. The number of rotatable bonds is 7. The minimum Gasteiger partial charge on any atom is -0.349 e. The molecule has 0 unspecified atom stereocenters. The number of carbonyl (C=O) groups excluding carboxylic acids is 1. The summed E-state index contributed by atoms with van der Waals surface area (Å²) in [7, 11) is 0. The third-order valence-electron chi connectivity index (χ3n) is 4.76. The van der Waals surface area contributed by atoms with E-state index in [4.69, 9.17) is 0 Å². The lowest BCUT2D eigenvalue weighted by Crippen LogP contribution is -2.28. The number of nitrogens with zero attached hydrogens (tertiary/aromatic N) is 3. The van der Waals surface area contributed by atoms with Crippen molar-refractivity contribution >= 4 is 17.7 Å². The Morgan fingerprint density at radius 3 is 2.29 bits per heavy atom. The summed E-state index contributed by atoms with van der Waals surface area (Å²) >= 11 is 1.29. The second kappa shape index (κ2) is 9.57. The molecule has 0 saturated carbocycles. The molecule has 4 aromatic rings. The molecule has 0 radical (unpaired) electrons. The van der Waals surface area contributed by atoms with Gasteiger partial charge in [-0.15, -0.1) is 10.2 Å². The van der Waals surface area contributed by atoms with Gasteiger partial charge < -0.3 is 5.32 Å². The smallest absolute Gasteiger partial charge is 0.230 e. The lowest BCUT2D eigenvalue weighted by atomic mass is 10.1. The fourth-order valence-corrected chi connectivity index (χ4v) is 3.96. The topological polar surface area (TPSA) is 59.8 Å². The second-order valence-corrected chi connectivity index (χ2v) is 7.92. The van der Waals surface area contributed by atoms with Gasteiger partial charge in [-0.1, -0.05) is 72.4 Å². The van der Waals surface area contributed by atoms with Gasteiger partial charge in [-0.05, 0) is 36.8 Å². The second-order valence-electron chi connectivity index (χ2n) is 6.97. The van der Waals surface area contributed by atoms with Crippen LogP contribution in [-0.2, 0) is 4.79 Å². The predicted octanol–water partition coefficient (Wildman–Crippen LogP) is 5.04. The average Bonchev–Trinajstić information content (AvgIpc) is 3.23. The fourth-order valence-electron chi connectivity index (χ4n) is 3.20. The minimum atomic E-state index is -0.318. The molecule has 0 spiro atoms. The summed E-state index contributed by atoms with van der Waals surface area (Å²) in [6.07, 6.45) is 0. The van der Waals surface area contributed by atoms with Gasteiger partial charge in [0.05, 0.1) is 11.8 Å². The number of thioether (sulfide) groups is 1. The number of benzene rings is 3. The summed E-state index contributed by atoms with van der Waals surface area (Å²) in [6.45, 7) is 1.95. The molecule has 1 heterocycles. The minimum absolute atomic E-state index is 0.0934. The molecule has 1 aromatic heterocycles. The van der Waals surface area contributed by atoms with E-state index in [-0.39, 0.29) is 23.5 Å². The van der Waals surface area contributed by atoms with Crippen molar-refractivity contribution in [2.45, 2.75) is 18.1 Å². The first-order chi connectivity index (χ1) is 15.1. The number of carbonyl (C=O) groups is 1. The van der Waals surface area contributed by atoms with Gasteiger partial charge in [-0.3, -0.25) is 9.36 Å². The number of nitrogens with one attached hydrogen (secondary N) is 1. The first-order valence-electron chi connectivity index (χ1n) is 9.85. The molecule has 3 aromatic carbocycles. The lowest BCUT2D eigenvalue weighted by Gasteiger charge is -2.14. The Hall–Kier alpha value is -3.45. The van der Waals surface area contributed by atoms with Gasteiger partial charge in [0.2, 0.25) is 5.91 Å². The molecule has 5 nitrogen and oxygen atoms in total. The molecule has 1 atom stereocenters. The number of halogens is 1. The SMILES string of the molecule is C[C@@H](NC(=O)CSc1nnc(-c2ccccc2)n1-c1ccc(F)cc1)c1ccccc1. The fraction of sp³-hybridized carbons (Fsp3) is 0.125. The number of aromatic nitrogens is 3. The van der Waals surface area contributed by atoms with Gasteiger partial charge in [-0.25, -0.2) is 4.39 Å². The van der Waals surface area contributed by atoms with Crippen LogP contribution in [0.15, 0.2) is 90.1 Å². The van der Waals surface area contributed by atoms with Gasteiger partial charge in [0, 0.05) is 11.3 Å². The van der Waals surface area contributed by atoms with Gasteiger partial charge >= 0.3 is 0 Å². The van der Waals surface area contributed by atoms with E-state index >= 15 is 0 Å².